The van der Waals surface area contributed by atoms with E-state index < -0.39 is 0 Å². The number of aromatic nitrogens is 3. The van der Waals surface area contributed by atoms with Crippen molar-refractivity contribution in [2.24, 2.45) is 0 Å². The third-order valence-electron chi connectivity index (χ3n) is 7.52. The van der Waals surface area contributed by atoms with Gasteiger partial charge in [-0.1, -0.05) is 6.07 Å². The van der Waals surface area contributed by atoms with E-state index in [0.717, 1.165) is 49.5 Å². The predicted molar refractivity (Wildman–Crippen MR) is 151 cm³/mol. The number of amides is 1. The Balaban J connectivity index is 1.35. The van der Waals surface area contributed by atoms with Gasteiger partial charge in [0.25, 0.3) is 5.91 Å². The van der Waals surface area contributed by atoms with Crippen molar-refractivity contribution >= 4 is 11.6 Å². The Kier molecular flexibility index (Phi) is 9.45. The summed E-state index contributed by atoms with van der Waals surface area (Å²) in [4.78, 5) is 30.4. The van der Waals surface area contributed by atoms with Crippen molar-refractivity contribution in [3.05, 3.63) is 77.1 Å². The molecule has 1 atom stereocenters. The number of likely N-dealkylation sites (tertiary alicyclic amines) is 1. The van der Waals surface area contributed by atoms with Crippen molar-refractivity contribution in [2.45, 2.75) is 58.7 Å². The van der Waals surface area contributed by atoms with Crippen LogP contribution in [-0.4, -0.2) is 64.6 Å². The first-order valence-electron chi connectivity index (χ1n) is 13.5. The third-order valence-corrected chi connectivity index (χ3v) is 7.52. The number of methoxy groups -OCH3 is 1. The van der Waals surface area contributed by atoms with Crippen LogP contribution in [0.1, 0.15) is 59.3 Å². The Morgan fingerprint density at radius 1 is 1.15 bits per heavy atom. The molecule has 0 radical (unpaired) electrons. The molecule has 1 aromatic carbocycles. The van der Waals surface area contributed by atoms with E-state index in [2.05, 4.69) is 55.2 Å². The molecule has 1 N–H and O–H groups in total. The Hall–Kier alpha value is -4.03. The number of anilines is 1. The van der Waals surface area contributed by atoms with Crippen molar-refractivity contribution in [3.8, 4) is 11.8 Å². The van der Waals surface area contributed by atoms with Crippen LogP contribution in [0.15, 0.2) is 48.8 Å². The Labute approximate surface area is 230 Å². The van der Waals surface area contributed by atoms with Gasteiger partial charge in [-0.15, -0.1) is 0 Å². The monoisotopic (exact) mass is 527 g/mol. The molecule has 2 aromatic heterocycles. The molecule has 0 saturated carbocycles. The minimum atomic E-state index is -0.110. The summed E-state index contributed by atoms with van der Waals surface area (Å²) in [7, 11) is 1.67. The van der Waals surface area contributed by atoms with Gasteiger partial charge >= 0.3 is 0 Å². The molecule has 204 valence electrons. The first-order valence-corrected chi connectivity index (χ1v) is 13.5. The molecule has 1 aliphatic heterocycles. The van der Waals surface area contributed by atoms with E-state index in [4.69, 9.17) is 4.74 Å². The molecule has 0 aliphatic carbocycles. The number of hydrogen-bond donors (Lipinski definition) is 1. The highest BCUT2D eigenvalue weighted by atomic mass is 16.5. The predicted octanol–water partition coefficient (Wildman–Crippen LogP) is 4.05. The minimum Gasteiger partial charge on any atom is -0.497 e. The standard InChI is InChI=1S/C30H37N7O2/c1-21(12-15-32-30(38)29-22(2)33-20-34-23(29)3)36-16-13-27(14-17-36)37(26-8-10-28(39-4)11-9-26)19-25-7-5-6-24(18-31)35-25/h5-11,20-21,27H,12-17,19H2,1-4H3,(H,32,38)/t21-/m1/s1. The highest BCUT2D eigenvalue weighted by molar-refractivity contribution is 5.96. The molecule has 0 spiro atoms. The lowest BCUT2D eigenvalue weighted by Crippen LogP contribution is -2.48. The second-order valence-corrected chi connectivity index (χ2v) is 10.0. The molecule has 1 amide bonds. The SMILES string of the molecule is COc1ccc(N(Cc2cccc(C#N)n2)C2CCN([C@H](C)CCNC(=O)c3c(C)ncnc3C)CC2)cc1. The van der Waals surface area contributed by atoms with Crippen LogP contribution in [0.25, 0.3) is 0 Å². The van der Waals surface area contributed by atoms with Crippen molar-refractivity contribution in [1.82, 2.24) is 25.2 Å². The molecule has 4 rings (SSSR count). The van der Waals surface area contributed by atoms with E-state index in [0.29, 0.717) is 47.8 Å². The van der Waals surface area contributed by atoms with Crippen molar-refractivity contribution in [1.29, 1.82) is 5.26 Å². The van der Waals surface area contributed by atoms with Crippen LogP contribution in [0.3, 0.4) is 0 Å². The van der Waals surface area contributed by atoms with Gasteiger partial charge in [0.15, 0.2) is 0 Å². The fraction of sp³-hybridized carbons (Fsp3) is 0.433. The van der Waals surface area contributed by atoms with E-state index in [1.54, 1.807) is 13.2 Å². The molecule has 0 bridgehead atoms. The van der Waals surface area contributed by atoms with E-state index in [-0.39, 0.29) is 5.91 Å². The maximum Gasteiger partial charge on any atom is 0.254 e. The van der Waals surface area contributed by atoms with Crippen molar-refractivity contribution < 1.29 is 9.53 Å². The molecule has 1 aliphatic rings. The van der Waals surface area contributed by atoms with E-state index in [9.17, 15) is 10.1 Å². The zero-order chi connectivity index (χ0) is 27.8. The molecule has 9 heteroatoms. The van der Waals surface area contributed by atoms with Gasteiger partial charge in [0.05, 0.1) is 36.3 Å². The third kappa shape index (κ3) is 7.09. The van der Waals surface area contributed by atoms with Crippen LogP contribution in [0.4, 0.5) is 5.69 Å². The maximum absolute atomic E-state index is 12.7. The summed E-state index contributed by atoms with van der Waals surface area (Å²) >= 11 is 0. The van der Waals surface area contributed by atoms with Gasteiger partial charge in [-0.2, -0.15) is 5.26 Å². The lowest BCUT2D eigenvalue weighted by Gasteiger charge is -2.41. The zero-order valence-electron chi connectivity index (χ0n) is 23.2. The first kappa shape index (κ1) is 28.0. The van der Waals surface area contributed by atoms with Gasteiger partial charge in [0, 0.05) is 37.4 Å². The summed E-state index contributed by atoms with van der Waals surface area (Å²) in [6.07, 6.45) is 4.39. The number of nitrogens with zero attached hydrogens (tertiary/aromatic N) is 6. The van der Waals surface area contributed by atoms with Crippen molar-refractivity contribution in [3.63, 3.8) is 0 Å². The summed E-state index contributed by atoms with van der Waals surface area (Å²) in [6, 6.07) is 16.6. The quantitative estimate of drug-likeness (QED) is 0.421. The normalized spacial score (nSPS) is 14.8. The number of pyridine rings is 1. The Bertz CT molecular complexity index is 1280. The smallest absolute Gasteiger partial charge is 0.254 e. The van der Waals surface area contributed by atoms with Crippen LogP contribution in [0.5, 0.6) is 5.75 Å². The number of ether oxygens (including phenoxy) is 1. The van der Waals surface area contributed by atoms with Gasteiger partial charge in [0.2, 0.25) is 0 Å². The van der Waals surface area contributed by atoms with Gasteiger partial charge in [-0.05, 0) is 76.4 Å². The zero-order valence-corrected chi connectivity index (χ0v) is 23.2. The van der Waals surface area contributed by atoms with E-state index in [1.807, 2.05) is 38.1 Å². The molecular formula is C30H37N7O2. The van der Waals surface area contributed by atoms with Crippen LogP contribution in [-0.2, 0) is 6.54 Å². The average Bonchev–Trinajstić information content (AvgIpc) is 2.96. The van der Waals surface area contributed by atoms with E-state index in [1.165, 1.54) is 6.33 Å². The number of carbonyl (C=O) groups excluding carboxylic acids is 1. The summed E-state index contributed by atoms with van der Waals surface area (Å²) in [5, 5.41) is 12.4. The molecular weight excluding hydrogens is 490 g/mol. The fourth-order valence-electron chi connectivity index (χ4n) is 5.23. The van der Waals surface area contributed by atoms with Gasteiger partial charge in [0.1, 0.15) is 23.8 Å². The van der Waals surface area contributed by atoms with Gasteiger partial charge in [-0.25, -0.2) is 15.0 Å². The van der Waals surface area contributed by atoms with Crippen molar-refractivity contribution in [2.75, 3.05) is 31.6 Å². The molecule has 3 aromatic rings. The summed E-state index contributed by atoms with van der Waals surface area (Å²) < 4.78 is 5.36. The second-order valence-electron chi connectivity index (χ2n) is 10.0. The number of aryl methyl sites for hydroxylation is 2. The molecule has 39 heavy (non-hydrogen) atoms. The molecule has 0 unspecified atom stereocenters. The summed E-state index contributed by atoms with van der Waals surface area (Å²) in [5.41, 5.74) is 4.40. The summed E-state index contributed by atoms with van der Waals surface area (Å²) in [5.74, 6) is 0.713. The van der Waals surface area contributed by atoms with Gasteiger partial charge < -0.3 is 19.9 Å². The lowest BCUT2D eigenvalue weighted by atomic mass is 9.99. The highest BCUT2D eigenvalue weighted by Crippen LogP contribution is 2.28. The fourth-order valence-corrected chi connectivity index (χ4v) is 5.23. The molecule has 9 nitrogen and oxygen atoms in total. The summed E-state index contributed by atoms with van der Waals surface area (Å²) in [6.45, 7) is 9.09. The first-order chi connectivity index (χ1) is 18.9. The Morgan fingerprint density at radius 3 is 2.49 bits per heavy atom. The second kappa shape index (κ2) is 13.2. The molecule has 3 heterocycles. The van der Waals surface area contributed by atoms with E-state index >= 15 is 0 Å². The number of hydrogen-bond acceptors (Lipinski definition) is 8. The Morgan fingerprint density at radius 2 is 1.85 bits per heavy atom. The van der Waals surface area contributed by atoms with Crippen LogP contribution >= 0.6 is 0 Å². The number of piperidine rings is 1. The number of carbonyl (C=O) groups is 1. The van der Waals surface area contributed by atoms with Crippen LogP contribution in [0, 0.1) is 25.2 Å². The molecule has 1 saturated heterocycles. The maximum atomic E-state index is 12.7. The average molecular weight is 528 g/mol. The minimum absolute atomic E-state index is 0.110. The largest absolute Gasteiger partial charge is 0.497 e. The van der Waals surface area contributed by atoms with Gasteiger partial charge in [-0.3, -0.25) is 4.79 Å². The number of benzene rings is 1. The van der Waals surface area contributed by atoms with Crippen LogP contribution in [0.2, 0.25) is 0 Å². The van der Waals surface area contributed by atoms with Crippen LogP contribution < -0.4 is 15.0 Å². The number of rotatable bonds is 10. The lowest BCUT2D eigenvalue weighted by molar-refractivity contribution is 0.0943. The number of nitrogens with one attached hydrogen (secondary N) is 1. The molecule has 1 fully saturated rings. The number of nitriles is 1. The topological polar surface area (TPSA) is 107 Å². The highest BCUT2D eigenvalue weighted by Gasteiger charge is 2.28.